The van der Waals surface area contributed by atoms with Crippen molar-refractivity contribution in [2.45, 2.75) is 58.0 Å². The number of halogens is 1. The maximum atomic E-state index is 6.12. The van der Waals surface area contributed by atoms with Gasteiger partial charge >= 0.3 is 0 Å². The van der Waals surface area contributed by atoms with Gasteiger partial charge in [0, 0.05) is 17.4 Å². The maximum Gasteiger partial charge on any atom is 0.130 e. The summed E-state index contributed by atoms with van der Waals surface area (Å²) >= 11 is 3.48. The van der Waals surface area contributed by atoms with E-state index in [1.165, 1.54) is 0 Å². The minimum absolute atomic E-state index is 0.0503. The fraction of sp³-hybridized carbons (Fsp3) is 0.600. The minimum Gasteiger partial charge on any atom is -0.487 e. The molecule has 4 heteroatoms. The van der Waals surface area contributed by atoms with Gasteiger partial charge in [0.15, 0.2) is 0 Å². The second kappa shape index (κ2) is 5.08. The topological polar surface area (TPSA) is 44.5 Å². The van der Waals surface area contributed by atoms with Crippen molar-refractivity contribution in [1.82, 2.24) is 0 Å². The monoisotopic (exact) mass is 327 g/mol. The smallest absolute Gasteiger partial charge is 0.130 e. The van der Waals surface area contributed by atoms with E-state index < -0.39 is 0 Å². The number of hydrogen-bond acceptors (Lipinski definition) is 3. The average Bonchev–Trinajstić information content (AvgIpc) is 2.49. The van der Waals surface area contributed by atoms with Crippen LogP contribution in [-0.4, -0.2) is 17.3 Å². The molecular weight excluding hydrogens is 306 g/mol. The van der Waals surface area contributed by atoms with Gasteiger partial charge in [0.1, 0.15) is 17.5 Å². The van der Waals surface area contributed by atoms with E-state index in [1.54, 1.807) is 0 Å². The number of ether oxygens (including phenoxy) is 2. The van der Waals surface area contributed by atoms with Crippen LogP contribution in [0.15, 0.2) is 22.7 Å². The summed E-state index contributed by atoms with van der Waals surface area (Å²) in [5, 5.41) is 0. The molecule has 1 aliphatic heterocycles. The van der Waals surface area contributed by atoms with Crippen molar-refractivity contribution in [3.63, 3.8) is 0 Å². The first-order chi connectivity index (χ1) is 8.73. The lowest BCUT2D eigenvalue weighted by molar-refractivity contribution is -0.0846. The van der Waals surface area contributed by atoms with Gasteiger partial charge in [0.2, 0.25) is 0 Å². The van der Waals surface area contributed by atoms with Gasteiger partial charge in [-0.05, 0) is 51.5 Å². The fourth-order valence-corrected chi connectivity index (χ4v) is 3.05. The normalized spacial score (nSPS) is 24.4. The standard InChI is InChI=1S/C15H22BrNO2/c1-14(2)8-13(15(3,4)19-14)18-11-5-6-12(16)10(7-11)9-17/h5-7,13H,8-9,17H2,1-4H3. The highest BCUT2D eigenvalue weighted by molar-refractivity contribution is 9.10. The summed E-state index contributed by atoms with van der Waals surface area (Å²) in [6.45, 7) is 8.86. The summed E-state index contributed by atoms with van der Waals surface area (Å²) in [7, 11) is 0. The van der Waals surface area contributed by atoms with Gasteiger partial charge in [0.05, 0.1) is 5.60 Å². The van der Waals surface area contributed by atoms with Gasteiger partial charge in [-0.3, -0.25) is 0 Å². The third-order valence-electron chi connectivity index (χ3n) is 3.51. The molecule has 106 valence electrons. The molecule has 1 aliphatic rings. The lowest BCUT2D eigenvalue weighted by Crippen LogP contribution is -2.36. The SMILES string of the molecule is CC1(C)CC(Oc2ccc(Br)c(CN)c2)C(C)(C)O1. The summed E-state index contributed by atoms with van der Waals surface area (Å²) in [6, 6.07) is 5.93. The zero-order chi connectivity index (χ0) is 14.3. The van der Waals surface area contributed by atoms with E-state index in [9.17, 15) is 0 Å². The molecule has 1 aromatic rings. The van der Waals surface area contributed by atoms with E-state index in [0.717, 1.165) is 22.2 Å². The molecule has 2 N–H and O–H groups in total. The quantitative estimate of drug-likeness (QED) is 0.921. The van der Waals surface area contributed by atoms with Crippen molar-refractivity contribution in [2.75, 3.05) is 0 Å². The Morgan fingerprint density at radius 2 is 2.05 bits per heavy atom. The molecule has 0 bridgehead atoms. The Morgan fingerprint density at radius 1 is 1.37 bits per heavy atom. The molecule has 0 aliphatic carbocycles. The lowest BCUT2D eigenvalue weighted by Gasteiger charge is -2.27. The van der Waals surface area contributed by atoms with E-state index in [2.05, 4.69) is 43.6 Å². The molecule has 1 atom stereocenters. The molecule has 1 unspecified atom stereocenters. The predicted octanol–water partition coefficient (Wildman–Crippen LogP) is 3.63. The number of rotatable bonds is 3. The van der Waals surface area contributed by atoms with E-state index in [4.69, 9.17) is 15.2 Å². The van der Waals surface area contributed by atoms with Crippen LogP contribution in [0, 0.1) is 0 Å². The first kappa shape index (κ1) is 14.8. The Hall–Kier alpha value is -0.580. The van der Waals surface area contributed by atoms with Crippen LogP contribution in [0.1, 0.15) is 39.7 Å². The Morgan fingerprint density at radius 3 is 2.58 bits per heavy atom. The third kappa shape index (κ3) is 3.30. The van der Waals surface area contributed by atoms with Crippen molar-refractivity contribution >= 4 is 15.9 Å². The molecule has 0 radical (unpaired) electrons. The number of hydrogen-bond donors (Lipinski definition) is 1. The summed E-state index contributed by atoms with van der Waals surface area (Å²) in [5.74, 6) is 0.850. The molecule has 1 heterocycles. The third-order valence-corrected chi connectivity index (χ3v) is 4.28. The molecule has 2 rings (SSSR count). The second-order valence-electron chi connectivity index (χ2n) is 6.23. The van der Waals surface area contributed by atoms with Crippen LogP contribution in [0.3, 0.4) is 0 Å². The van der Waals surface area contributed by atoms with E-state index in [-0.39, 0.29) is 17.3 Å². The van der Waals surface area contributed by atoms with Gasteiger partial charge in [-0.25, -0.2) is 0 Å². The van der Waals surface area contributed by atoms with Crippen molar-refractivity contribution in [1.29, 1.82) is 0 Å². The largest absolute Gasteiger partial charge is 0.487 e. The number of nitrogens with two attached hydrogens (primary N) is 1. The van der Waals surface area contributed by atoms with Crippen LogP contribution < -0.4 is 10.5 Å². The first-order valence-corrected chi connectivity index (χ1v) is 7.38. The van der Waals surface area contributed by atoms with Crippen molar-refractivity contribution in [3.8, 4) is 5.75 Å². The van der Waals surface area contributed by atoms with Crippen LogP contribution in [0.25, 0.3) is 0 Å². The van der Waals surface area contributed by atoms with E-state index in [0.29, 0.717) is 6.54 Å². The van der Waals surface area contributed by atoms with Gasteiger partial charge in [-0.15, -0.1) is 0 Å². The maximum absolute atomic E-state index is 6.12. The molecule has 3 nitrogen and oxygen atoms in total. The Kier molecular flexibility index (Phi) is 3.96. The zero-order valence-corrected chi connectivity index (χ0v) is 13.6. The van der Waals surface area contributed by atoms with Gasteiger partial charge in [0.25, 0.3) is 0 Å². The summed E-state index contributed by atoms with van der Waals surface area (Å²) < 4.78 is 13.2. The summed E-state index contributed by atoms with van der Waals surface area (Å²) in [6.07, 6.45) is 0.933. The predicted molar refractivity (Wildman–Crippen MR) is 80.3 cm³/mol. The van der Waals surface area contributed by atoms with Crippen LogP contribution in [0.2, 0.25) is 0 Å². The minimum atomic E-state index is -0.278. The summed E-state index contributed by atoms with van der Waals surface area (Å²) in [4.78, 5) is 0. The second-order valence-corrected chi connectivity index (χ2v) is 7.09. The molecule has 1 saturated heterocycles. The Bertz CT molecular complexity index is 471. The Balaban J connectivity index is 2.17. The van der Waals surface area contributed by atoms with E-state index in [1.807, 2.05) is 18.2 Å². The van der Waals surface area contributed by atoms with E-state index >= 15 is 0 Å². The highest BCUT2D eigenvalue weighted by Crippen LogP contribution is 2.39. The van der Waals surface area contributed by atoms with Crippen LogP contribution >= 0.6 is 15.9 Å². The molecule has 19 heavy (non-hydrogen) atoms. The van der Waals surface area contributed by atoms with Crippen LogP contribution in [0.4, 0.5) is 0 Å². The highest BCUT2D eigenvalue weighted by atomic mass is 79.9. The molecule has 0 spiro atoms. The van der Waals surface area contributed by atoms with Crippen molar-refractivity contribution in [3.05, 3.63) is 28.2 Å². The van der Waals surface area contributed by atoms with Crippen molar-refractivity contribution < 1.29 is 9.47 Å². The molecule has 0 aromatic heterocycles. The average molecular weight is 328 g/mol. The summed E-state index contributed by atoms with van der Waals surface area (Å²) in [5.41, 5.74) is 6.35. The van der Waals surface area contributed by atoms with Gasteiger partial charge in [-0.2, -0.15) is 0 Å². The molecular formula is C15H22BrNO2. The van der Waals surface area contributed by atoms with Crippen LogP contribution in [-0.2, 0) is 11.3 Å². The Labute approximate surface area is 123 Å². The number of benzene rings is 1. The van der Waals surface area contributed by atoms with Gasteiger partial charge < -0.3 is 15.2 Å². The lowest BCUT2D eigenvalue weighted by atomic mass is 9.97. The molecule has 0 amide bonds. The zero-order valence-electron chi connectivity index (χ0n) is 12.0. The fourth-order valence-electron chi connectivity index (χ4n) is 2.64. The van der Waals surface area contributed by atoms with Crippen molar-refractivity contribution in [2.24, 2.45) is 5.73 Å². The highest BCUT2D eigenvalue weighted by Gasteiger charge is 2.47. The first-order valence-electron chi connectivity index (χ1n) is 6.59. The molecule has 1 fully saturated rings. The van der Waals surface area contributed by atoms with Crippen LogP contribution in [0.5, 0.6) is 5.75 Å². The van der Waals surface area contributed by atoms with Gasteiger partial charge in [-0.1, -0.05) is 15.9 Å². The molecule has 1 aromatic carbocycles. The molecule has 0 saturated carbocycles.